The number of amides is 1. The zero-order valence-electron chi connectivity index (χ0n) is 10.6. The van der Waals surface area contributed by atoms with Crippen molar-refractivity contribution in [3.63, 3.8) is 0 Å². The SMILES string of the molecule is COCC1CCCN(C(=O)c2ccncc2N)C1. The number of nitrogens with zero attached hydrogens (tertiary/aromatic N) is 2. The van der Waals surface area contributed by atoms with Crippen LogP contribution in [0.3, 0.4) is 0 Å². The van der Waals surface area contributed by atoms with Gasteiger partial charge in [-0.05, 0) is 24.8 Å². The van der Waals surface area contributed by atoms with Crippen LogP contribution in [-0.4, -0.2) is 42.6 Å². The number of anilines is 1. The van der Waals surface area contributed by atoms with E-state index >= 15 is 0 Å². The monoisotopic (exact) mass is 249 g/mol. The minimum absolute atomic E-state index is 0.00398. The van der Waals surface area contributed by atoms with E-state index in [1.54, 1.807) is 19.4 Å². The molecule has 1 aliphatic heterocycles. The normalized spacial score (nSPS) is 19.8. The molecule has 1 unspecified atom stereocenters. The second-order valence-electron chi connectivity index (χ2n) is 4.68. The van der Waals surface area contributed by atoms with E-state index in [-0.39, 0.29) is 5.91 Å². The number of nitrogens with two attached hydrogens (primary N) is 1. The molecule has 1 saturated heterocycles. The highest BCUT2D eigenvalue weighted by atomic mass is 16.5. The van der Waals surface area contributed by atoms with Gasteiger partial charge in [0, 0.05) is 26.4 Å². The van der Waals surface area contributed by atoms with Crippen LogP contribution in [0, 0.1) is 5.92 Å². The lowest BCUT2D eigenvalue weighted by atomic mass is 9.98. The molecule has 1 amide bonds. The maximum atomic E-state index is 12.3. The van der Waals surface area contributed by atoms with Crippen LogP contribution in [0.5, 0.6) is 0 Å². The fourth-order valence-electron chi connectivity index (χ4n) is 2.39. The fraction of sp³-hybridized carbons (Fsp3) is 0.538. The fourth-order valence-corrected chi connectivity index (χ4v) is 2.39. The van der Waals surface area contributed by atoms with Gasteiger partial charge in [-0.2, -0.15) is 0 Å². The standard InChI is InChI=1S/C13H19N3O2/c1-18-9-10-3-2-6-16(8-10)13(17)11-4-5-15-7-12(11)14/h4-5,7,10H,2-3,6,8-9,14H2,1H3. The molecular weight excluding hydrogens is 230 g/mol. The van der Waals surface area contributed by atoms with Gasteiger partial charge in [-0.15, -0.1) is 0 Å². The first-order valence-electron chi connectivity index (χ1n) is 6.20. The van der Waals surface area contributed by atoms with Crippen LogP contribution >= 0.6 is 0 Å². The molecule has 0 aliphatic carbocycles. The average molecular weight is 249 g/mol. The molecule has 0 radical (unpaired) electrons. The molecule has 0 saturated carbocycles. The van der Waals surface area contributed by atoms with Crippen molar-refractivity contribution in [2.45, 2.75) is 12.8 Å². The van der Waals surface area contributed by atoms with Crippen molar-refractivity contribution in [2.24, 2.45) is 5.92 Å². The molecule has 2 N–H and O–H groups in total. The van der Waals surface area contributed by atoms with Gasteiger partial charge in [0.2, 0.25) is 0 Å². The lowest BCUT2D eigenvalue weighted by molar-refractivity contribution is 0.0572. The Balaban J connectivity index is 2.07. The topological polar surface area (TPSA) is 68.5 Å². The molecule has 0 spiro atoms. The highest BCUT2D eigenvalue weighted by molar-refractivity contribution is 5.98. The first-order valence-corrected chi connectivity index (χ1v) is 6.20. The van der Waals surface area contributed by atoms with Crippen molar-refractivity contribution in [1.29, 1.82) is 0 Å². The van der Waals surface area contributed by atoms with Crippen LogP contribution in [0.25, 0.3) is 0 Å². The molecule has 18 heavy (non-hydrogen) atoms. The van der Waals surface area contributed by atoms with Gasteiger partial charge >= 0.3 is 0 Å². The maximum absolute atomic E-state index is 12.3. The third kappa shape index (κ3) is 2.79. The molecule has 1 fully saturated rings. The summed E-state index contributed by atoms with van der Waals surface area (Å²) in [5.41, 5.74) is 6.77. The van der Waals surface area contributed by atoms with Gasteiger partial charge in [-0.25, -0.2) is 0 Å². The molecule has 5 nitrogen and oxygen atoms in total. The highest BCUT2D eigenvalue weighted by Gasteiger charge is 2.25. The Labute approximate surface area is 107 Å². The number of methoxy groups -OCH3 is 1. The highest BCUT2D eigenvalue weighted by Crippen LogP contribution is 2.20. The van der Waals surface area contributed by atoms with Crippen molar-refractivity contribution in [3.05, 3.63) is 24.0 Å². The molecule has 98 valence electrons. The molecule has 1 atom stereocenters. The maximum Gasteiger partial charge on any atom is 0.256 e. The summed E-state index contributed by atoms with van der Waals surface area (Å²) < 4.78 is 5.17. The van der Waals surface area contributed by atoms with Crippen LogP contribution in [0.2, 0.25) is 0 Å². The number of ether oxygens (including phenoxy) is 1. The van der Waals surface area contributed by atoms with Crippen LogP contribution in [-0.2, 0) is 4.74 Å². The first kappa shape index (κ1) is 12.8. The summed E-state index contributed by atoms with van der Waals surface area (Å²) in [4.78, 5) is 18.1. The number of hydrogen-bond acceptors (Lipinski definition) is 4. The van der Waals surface area contributed by atoms with Gasteiger partial charge in [0.1, 0.15) is 0 Å². The molecular formula is C13H19N3O2. The number of pyridine rings is 1. The first-order chi connectivity index (χ1) is 8.72. The quantitative estimate of drug-likeness (QED) is 0.873. The number of carbonyl (C=O) groups is 1. The smallest absolute Gasteiger partial charge is 0.256 e. The Morgan fingerprint density at radius 3 is 3.22 bits per heavy atom. The summed E-state index contributed by atoms with van der Waals surface area (Å²) in [5, 5.41) is 0. The number of rotatable bonds is 3. The van der Waals surface area contributed by atoms with E-state index < -0.39 is 0 Å². The van der Waals surface area contributed by atoms with Gasteiger partial charge in [0.25, 0.3) is 5.91 Å². The second kappa shape index (κ2) is 5.82. The van der Waals surface area contributed by atoms with Gasteiger partial charge in [-0.3, -0.25) is 9.78 Å². The summed E-state index contributed by atoms with van der Waals surface area (Å²) in [5.74, 6) is 0.423. The third-order valence-electron chi connectivity index (χ3n) is 3.29. The van der Waals surface area contributed by atoms with Gasteiger partial charge < -0.3 is 15.4 Å². The van der Waals surface area contributed by atoms with E-state index in [4.69, 9.17) is 10.5 Å². The Hall–Kier alpha value is -1.62. The Morgan fingerprint density at radius 2 is 2.50 bits per heavy atom. The van der Waals surface area contributed by atoms with Crippen molar-refractivity contribution in [1.82, 2.24) is 9.88 Å². The predicted molar refractivity (Wildman–Crippen MR) is 69.2 cm³/mol. The molecule has 0 bridgehead atoms. The summed E-state index contributed by atoms with van der Waals surface area (Å²) in [6.45, 7) is 2.24. The van der Waals surface area contributed by atoms with E-state index in [0.29, 0.717) is 23.8 Å². The number of nitrogen functional groups attached to an aromatic ring is 1. The summed E-state index contributed by atoms with van der Waals surface area (Å²) in [6, 6.07) is 1.68. The zero-order valence-corrected chi connectivity index (χ0v) is 10.6. The molecule has 1 aromatic rings. The molecule has 0 aromatic carbocycles. The molecule has 1 aliphatic rings. The van der Waals surface area contributed by atoms with E-state index in [1.165, 1.54) is 6.20 Å². The zero-order chi connectivity index (χ0) is 13.0. The number of carbonyl (C=O) groups excluding carboxylic acids is 1. The Bertz CT molecular complexity index is 420. The van der Waals surface area contributed by atoms with Crippen LogP contribution in [0.15, 0.2) is 18.5 Å². The van der Waals surface area contributed by atoms with E-state index in [2.05, 4.69) is 4.98 Å². The van der Waals surface area contributed by atoms with E-state index in [0.717, 1.165) is 25.9 Å². The number of likely N-dealkylation sites (tertiary alicyclic amines) is 1. The molecule has 2 rings (SSSR count). The van der Waals surface area contributed by atoms with Crippen molar-refractivity contribution < 1.29 is 9.53 Å². The van der Waals surface area contributed by atoms with Gasteiger partial charge in [0.15, 0.2) is 0 Å². The lowest BCUT2D eigenvalue weighted by Crippen LogP contribution is -2.41. The Kier molecular flexibility index (Phi) is 4.15. The van der Waals surface area contributed by atoms with Crippen LogP contribution in [0.1, 0.15) is 23.2 Å². The van der Waals surface area contributed by atoms with Gasteiger partial charge in [-0.1, -0.05) is 0 Å². The van der Waals surface area contributed by atoms with Gasteiger partial charge in [0.05, 0.1) is 24.1 Å². The summed E-state index contributed by atoms with van der Waals surface area (Å²) in [7, 11) is 1.70. The lowest BCUT2D eigenvalue weighted by Gasteiger charge is -2.32. The second-order valence-corrected chi connectivity index (χ2v) is 4.68. The number of hydrogen-bond donors (Lipinski definition) is 1. The molecule has 1 aromatic heterocycles. The van der Waals surface area contributed by atoms with Crippen molar-refractivity contribution >= 4 is 11.6 Å². The van der Waals surface area contributed by atoms with Crippen LogP contribution in [0.4, 0.5) is 5.69 Å². The molecule has 5 heteroatoms. The summed E-state index contributed by atoms with van der Waals surface area (Å²) in [6.07, 6.45) is 5.25. The molecule has 2 heterocycles. The van der Waals surface area contributed by atoms with Crippen molar-refractivity contribution in [2.75, 3.05) is 32.5 Å². The van der Waals surface area contributed by atoms with Crippen LogP contribution < -0.4 is 5.73 Å². The van der Waals surface area contributed by atoms with E-state index in [1.807, 2.05) is 4.90 Å². The number of piperidine rings is 1. The number of aromatic nitrogens is 1. The summed E-state index contributed by atoms with van der Waals surface area (Å²) >= 11 is 0. The van der Waals surface area contributed by atoms with E-state index in [9.17, 15) is 4.79 Å². The minimum atomic E-state index is -0.00398. The largest absolute Gasteiger partial charge is 0.397 e. The third-order valence-corrected chi connectivity index (χ3v) is 3.29. The van der Waals surface area contributed by atoms with Crippen molar-refractivity contribution in [3.8, 4) is 0 Å². The average Bonchev–Trinajstić information content (AvgIpc) is 2.39. The Morgan fingerprint density at radius 1 is 1.67 bits per heavy atom. The predicted octanol–water partition coefficient (Wildman–Crippen LogP) is 1.16. The minimum Gasteiger partial charge on any atom is -0.397 e.